The van der Waals surface area contributed by atoms with E-state index in [-0.39, 0.29) is 11.2 Å². The molecule has 0 aliphatic carbocycles. The Morgan fingerprint density at radius 2 is 1.79 bits per heavy atom. The molecule has 0 spiro atoms. The van der Waals surface area contributed by atoms with Crippen LogP contribution in [0.4, 0.5) is 8.78 Å². The molecule has 78 valence electrons. The van der Waals surface area contributed by atoms with Gasteiger partial charge in [-0.25, -0.2) is 0 Å². The second kappa shape index (κ2) is 5.21. The van der Waals surface area contributed by atoms with Crippen molar-refractivity contribution in [2.24, 2.45) is 0 Å². The molecule has 0 nitrogen and oxygen atoms in total. The van der Waals surface area contributed by atoms with E-state index < -0.39 is 4.83 Å². The lowest BCUT2D eigenvalue weighted by atomic mass is 10.1. The summed E-state index contributed by atoms with van der Waals surface area (Å²) in [5.41, 5.74) is 1.06. The zero-order valence-electron chi connectivity index (χ0n) is 7.39. The Hall–Kier alpha value is 0.0400. The average molecular weight is 328 g/mol. The van der Waals surface area contributed by atoms with Crippen LogP contribution < -0.4 is 0 Å². The van der Waals surface area contributed by atoms with E-state index in [1.807, 2.05) is 30.3 Å². The van der Waals surface area contributed by atoms with Crippen molar-refractivity contribution in [1.29, 1.82) is 0 Å². The lowest BCUT2D eigenvalue weighted by molar-refractivity contribution is 0.104. The van der Waals surface area contributed by atoms with Gasteiger partial charge in [-0.3, -0.25) is 0 Å². The van der Waals surface area contributed by atoms with Crippen LogP contribution in [0.3, 0.4) is 0 Å². The summed E-state index contributed by atoms with van der Waals surface area (Å²) in [6, 6.07) is 9.58. The van der Waals surface area contributed by atoms with Crippen LogP contribution in [-0.4, -0.2) is 9.66 Å². The quantitative estimate of drug-likeness (QED) is 0.720. The number of hydrogen-bond donors (Lipinski definition) is 0. The summed E-state index contributed by atoms with van der Waals surface area (Å²) < 4.78 is 25.1. The van der Waals surface area contributed by atoms with Gasteiger partial charge >= 0.3 is 4.83 Å². The van der Waals surface area contributed by atoms with E-state index in [1.54, 1.807) is 0 Å². The van der Waals surface area contributed by atoms with Crippen molar-refractivity contribution in [2.75, 3.05) is 0 Å². The van der Waals surface area contributed by atoms with Gasteiger partial charge in [0.15, 0.2) is 0 Å². The molecule has 14 heavy (non-hydrogen) atoms. The fourth-order valence-electron chi connectivity index (χ4n) is 1.19. The van der Waals surface area contributed by atoms with Crippen LogP contribution in [0.1, 0.15) is 12.0 Å². The lowest BCUT2D eigenvalue weighted by Crippen LogP contribution is -2.14. The first-order chi connectivity index (χ1) is 6.47. The van der Waals surface area contributed by atoms with E-state index in [0.717, 1.165) is 5.56 Å². The molecule has 0 bridgehead atoms. The Morgan fingerprint density at radius 3 is 2.29 bits per heavy atom. The summed E-state index contributed by atoms with van der Waals surface area (Å²) in [4.78, 5) is -2.99. The highest BCUT2D eigenvalue weighted by Crippen LogP contribution is 2.31. The maximum absolute atomic E-state index is 12.6. The average Bonchev–Trinajstić information content (AvgIpc) is 2.02. The molecule has 0 aromatic heterocycles. The Labute approximate surface area is 99.0 Å². The van der Waals surface area contributed by atoms with Gasteiger partial charge in [-0.15, -0.1) is 0 Å². The number of hydrogen-bond acceptors (Lipinski definition) is 0. The van der Waals surface area contributed by atoms with Crippen LogP contribution >= 0.6 is 31.9 Å². The molecular weight excluding hydrogens is 318 g/mol. The molecule has 1 aromatic carbocycles. The van der Waals surface area contributed by atoms with E-state index in [1.165, 1.54) is 0 Å². The van der Waals surface area contributed by atoms with Gasteiger partial charge in [0, 0.05) is 11.2 Å². The smallest absolute Gasteiger partial charge is 0.194 e. The summed E-state index contributed by atoms with van der Waals surface area (Å²) >= 11 is 5.57. The highest BCUT2D eigenvalue weighted by atomic mass is 79.9. The largest absolute Gasteiger partial charge is 0.302 e. The van der Waals surface area contributed by atoms with Crippen molar-refractivity contribution >= 4 is 31.9 Å². The topological polar surface area (TPSA) is 0 Å². The molecule has 0 heterocycles. The van der Waals surface area contributed by atoms with Gasteiger partial charge in [0.25, 0.3) is 0 Å². The monoisotopic (exact) mass is 326 g/mol. The van der Waals surface area contributed by atoms with Crippen molar-refractivity contribution in [3.05, 3.63) is 35.9 Å². The van der Waals surface area contributed by atoms with Crippen LogP contribution in [0.15, 0.2) is 30.3 Å². The van der Waals surface area contributed by atoms with Crippen molar-refractivity contribution in [2.45, 2.75) is 22.5 Å². The molecule has 0 saturated heterocycles. The number of benzene rings is 1. The number of alkyl halides is 4. The zero-order valence-corrected chi connectivity index (χ0v) is 10.6. The lowest BCUT2D eigenvalue weighted by Gasteiger charge is -2.13. The summed E-state index contributed by atoms with van der Waals surface area (Å²) in [5, 5.41) is 0. The van der Waals surface area contributed by atoms with E-state index in [4.69, 9.17) is 0 Å². The molecule has 0 fully saturated rings. The van der Waals surface area contributed by atoms with Gasteiger partial charge in [0.05, 0.1) is 0 Å². The summed E-state index contributed by atoms with van der Waals surface area (Å²) in [7, 11) is 0. The van der Waals surface area contributed by atoms with Gasteiger partial charge < -0.3 is 0 Å². The van der Waals surface area contributed by atoms with Gasteiger partial charge in [-0.05, 0) is 27.9 Å². The Kier molecular flexibility index (Phi) is 4.51. The summed E-state index contributed by atoms with van der Waals surface area (Å²) in [6.07, 6.45) is 0.407. The molecule has 1 aromatic rings. The molecule has 0 radical (unpaired) electrons. The van der Waals surface area contributed by atoms with E-state index in [2.05, 4.69) is 31.9 Å². The molecular formula is C10H10Br2F2. The van der Waals surface area contributed by atoms with Gasteiger partial charge in [0.1, 0.15) is 0 Å². The van der Waals surface area contributed by atoms with Crippen molar-refractivity contribution in [3.8, 4) is 0 Å². The SMILES string of the molecule is FC(F)(Br)CC(Br)Cc1ccccc1. The first-order valence-electron chi connectivity index (χ1n) is 4.22. The van der Waals surface area contributed by atoms with Gasteiger partial charge in [0.2, 0.25) is 0 Å². The molecule has 1 rings (SSSR count). The van der Waals surface area contributed by atoms with Gasteiger partial charge in [-0.1, -0.05) is 46.3 Å². The van der Waals surface area contributed by atoms with E-state index in [0.29, 0.717) is 6.42 Å². The predicted octanol–water partition coefficient (Wildman–Crippen LogP) is 4.37. The molecule has 0 saturated carbocycles. The van der Waals surface area contributed by atoms with E-state index in [9.17, 15) is 8.78 Å². The highest BCUT2D eigenvalue weighted by molar-refractivity contribution is 9.10. The molecule has 0 amide bonds. The van der Waals surface area contributed by atoms with Crippen LogP contribution in [-0.2, 0) is 6.42 Å². The second-order valence-electron chi connectivity index (χ2n) is 3.11. The molecule has 4 heteroatoms. The van der Waals surface area contributed by atoms with Crippen molar-refractivity contribution in [1.82, 2.24) is 0 Å². The normalized spacial score (nSPS) is 14.0. The first kappa shape index (κ1) is 12.1. The minimum Gasteiger partial charge on any atom is -0.194 e. The maximum atomic E-state index is 12.6. The summed E-state index contributed by atoms with van der Waals surface area (Å²) in [6.45, 7) is 0. The first-order valence-corrected chi connectivity index (χ1v) is 5.93. The third-order valence-corrected chi connectivity index (χ3v) is 2.72. The van der Waals surface area contributed by atoms with Crippen LogP contribution in [0.5, 0.6) is 0 Å². The fourth-order valence-corrected chi connectivity index (χ4v) is 2.80. The van der Waals surface area contributed by atoms with Crippen molar-refractivity contribution in [3.63, 3.8) is 0 Å². The standard InChI is InChI=1S/C10H10Br2F2/c11-9(7-10(12,13)14)6-8-4-2-1-3-5-8/h1-5,9H,6-7H2. The minimum atomic E-state index is -2.78. The molecule has 0 aliphatic rings. The zero-order chi connectivity index (χ0) is 10.6. The van der Waals surface area contributed by atoms with Crippen LogP contribution in [0.2, 0.25) is 0 Å². The minimum absolute atomic E-state index is 0.206. The molecule has 0 aliphatic heterocycles. The second-order valence-corrected chi connectivity index (χ2v) is 5.56. The fraction of sp³-hybridized carbons (Fsp3) is 0.400. The molecule has 1 atom stereocenters. The van der Waals surface area contributed by atoms with Crippen molar-refractivity contribution < 1.29 is 8.78 Å². The maximum Gasteiger partial charge on any atom is 0.302 e. The van der Waals surface area contributed by atoms with Gasteiger partial charge in [-0.2, -0.15) is 8.78 Å². The third-order valence-electron chi connectivity index (χ3n) is 1.75. The number of halogens is 4. The van der Waals surface area contributed by atoms with E-state index >= 15 is 0 Å². The molecule has 0 N–H and O–H groups in total. The van der Waals surface area contributed by atoms with Crippen LogP contribution in [0, 0.1) is 0 Å². The molecule has 1 unspecified atom stereocenters. The summed E-state index contributed by atoms with van der Waals surface area (Å²) in [5.74, 6) is 0. The predicted molar refractivity (Wildman–Crippen MR) is 61.4 cm³/mol. The number of rotatable bonds is 4. The Morgan fingerprint density at radius 1 is 1.21 bits per heavy atom. The Bertz CT molecular complexity index is 269. The highest BCUT2D eigenvalue weighted by Gasteiger charge is 2.27. The third kappa shape index (κ3) is 5.05. The van der Waals surface area contributed by atoms with Crippen LogP contribution in [0.25, 0.3) is 0 Å². The Balaban J connectivity index is 2.46.